The summed E-state index contributed by atoms with van der Waals surface area (Å²) in [7, 11) is -0.973. The number of nitrogens with zero attached hydrogens (tertiary/aromatic N) is 2. The Balaban J connectivity index is 2.28. The van der Waals surface area contributed by atoms with Crippen molar-refractivity contribution < 1.29 is 27.9 Å². The Labute approximate surface area is 165 Å². The molecule has 0 radical (unpaired) electrons. The van der Waals surface area contributed by atoms with Gasteiger partial charge in [-0.25, -0.2) is 17.5 Å². The summed E-state index contributed by atoms with van der Waals surface area (Å²) < 4.78 is 31.1. The van der Waals surface area contributed by atoms with Gasteiger partial charge in [-0.2, -0.15) is 0 Å². The van der Waals surface area contributed by atoms with E-state index < -0.39 is 22.1 Å². The van der Waals surface area contributed by atoms with Gasteiger partial charge in [0.05, 0.1) is 17.1 Å². The van der Waals surface area contributed by atoms with Gasteiger partial charge in [-0.05, 0) is 38.0 Å². The molecule has 156 valence electrons. The lowest BCUT2D eigenvalue weighted by Crippen LogP contribution is -2.38. The van der Waals surface area contributed by atoms with E-state index in [0.29, 0.717) is 18.8 Å². The first-order valence-corrected chi connectivity index (χ1v) is 10.5. The molecular formula is C18H27N3O6S. The molecule has 0 bridgehead atoms. The van der Waals surface area contributed by atoms with E-state index in [-0.39, 0.29) is 29.5 Å². The molecule has 0 aromatic heterocycles. The normalized spacial score (nSPS) is 15.5. The summed E-state index contributed by atoms with van der Waals surface area (Å²) in [6, 6.07) is 4.02. The maximum absolute atomic E-state index is 12.7. The number of esters is 1. The van der Waals surface area contributed by atoms with Gasteiger partial charge in [0.2, 0.25) is 10.0 Å². The molecule has 28 heavy (non-hydrogen) atoms. The molecule has 0 spiro atoms. The highest BCUT2D eigenvalue weighted by Crippen LogP contribution is 2.24. The second kappa shape index (κ2) is 9.35. The average Bonchev–Trinajstić information content (AvgIpc) is 3.19. The van der Waals surface area contributed by atoms with Gasteiger partial charge in [0.1, 0.15) is 0 Å². The fourth-order valence-corrected chi connectivity index (χ4v) is 3.81. The Hall–Kier alpha value is -2.17. The van der Waals surface area contributed by atoms with Crippen molar-refractivity contribution in [3.63, 3.8) is 0 Å². The third-order valence-electron chi connectivity index (χ3n) is 4.47. The van der Waals surface area contributed by atoms with Crippen molar-refractivity contribution >= 4 is 27.6 Å². The molecule has 10 heteroatoms. The lowest BCUT2D eigenvalue weighted by Gasteiger charge is -2.21. The molecule has 0 unspecified atom stereocenters. The summed E-state index contributed by atoms with van der Waals surface area (Å²) in [5.41, 5.74) is 0.301. The second-order valence-corrected chi connectivity index (χ2v) is 8.88. The van der Waals surface area contributed by atoms with E-state index in [0.717, 1.165) is 17.1 Å². The van der Waals surface area contributed by atoms with E-state index in [2.05, 4.69) is 5.32 Å². The summed E-state index contributed by atoms with van der Waals surface area (Å²) in [6.45, 7) is 2.78. The van der Waals surface area contributed by atoms with Gasteiger partial charge in [-0.3, -0.25) is 4.79 Å². The largest absolute Gasteiger partial charge is 0.449 e. The summed E-state index contributed by atoms with van der Waals surface area (Å²) in [4.78, 5) is 26.7. The minimum atomic E-state index is -3.75. The molecule has 2 rings (SSSR count). The van der Waals surface area contributed by atoms with E-state index in [1.54, 1.807) is 4.90 Å². The van der Waals surface area contributed by atoms with E-state index in [9.17, 15) is 18.0 Å². The number of nitrogens with one attached hydrogen (secondary N) is 1. The van der Waals surface area contributed by atoms with Crippen LogP contribution in [0.3, 0.4) is 0 Å². The quantitative estimate of drug-likeness (QED) is 0.597. The minimum absolute atomic E-state index is 0.0163. The zero-order valence-electron chi connectivity index (χ0n) is 16.3. The van der Waals surface area contributed by atoms with Gasteiger partial charge >= 0.3 is 5.97 Å². The molecule has 1 aliphatic rings. The number of hydrogen-bond acceptors (Lipinski definition) is 7. The van der Waals surface area contributed by atoms with Gasteiger partial charge in [0.15, 0.2) is 6.10 Å². The Kier molecular flexibility index (Phi) is 7.39. The topological polar surface area (TPSA) is 116 Å². The second-order valence-electron chi connectivity index (χ2n) is 6.73. The van der Waals surface area contributed by atoms with Crippen molar-refractivity contribution in [3.05, 3.63) is 23.8 Å². The SMILES string of the molecule is C[C@H](OC(=O)c1cc(S(=O)(=O)N(C)C)ccc1NCCO)C(=O)N1CCCC1. The molecule has 1 aromatic carbocycles. The highest BCUT2D eigenvalue weighted by atomic mass is 32.2. The van der Waals surface area contributed by atoms with Crippen molar-refractivity contribution in [2.24, 2.45) is 0 Å². The average molecular weight is 413 g/mol. The molecule has 0 aliphatic carbocycles. The number of carbonyl (C=O) groups is 2. The van der Waals surface area contributed by atoms with Crippen molar-refractivity contribution in [1.82, 2.24) is 9.21 Å². The van der Waals surface area contributed by atoms with Crippen LogP contribution in [0.25, 0.3) is 0 Å². The number of carbonyl (C=O) groups excluding carboxylic acids is 2. The number of anilines is 1. The molecule has 1 aliphatic heterocycles. The predicted molar refractivity (Wildman–Crippen MR) is 104 cm³/mol. The first kappa shape index (κ1) is 22.1. The van der Waals surface area contributed by atoms with Crippen molar-refractivity contribution in [2.45, 2.75) is 30.8 Å². The molecule has 1 fully saturated rings. The van der Waals surface area contributed by atoms with Crippen molar-refractivity contribution in [2.75, 3.05) is 45.7 Å². The van der Waals surface area contributed by atoms with E-state index in [1.165, 1.54) is 39.2 Å². The highest BCUT2D eigenvalue weighted by molar-refractivity contribution is 7.89. The number of sulfonamides is 1. The van der Waals surface area contributed by atoms with Crippen LogP contribution in [0.4, 0.5) is 5.69 Å². The smallest absolute Gasteiger partial charge is 0.341 e. The Morgan fingerprint density at radius 3 is 2.50 bits per heavy atom. The minimum Gasteiger partial charge on any atom is -0.449 e. The van der Waals surface area contributed by atoms with Crippen molar-refractivity contribution in [1.29, 1.82) is 0 Å². The molecule has 1 saturated heterocycles. The van der Waals surface area contributed by atoms with Crippen LogP contribution in [-0.2, 0) is 19.6 Å². The number of likely N-dealkylation sites (tertiary alicyclic amines) is 1. The van der Waals surface area contributed by atoms with Crippen molar-refractivity contribution in [3.8, 4) is 0 Å². The number of aliphatic hydroxyl groups is 1. The first-order valence-electron chi connectivity index (χ1n) is 9.09. The van der Waals surface area contributed by atoms with Gasteiger partial charge in [-0.15, -0.1) is 0 Å². The fourth-order valence-electron chi connectivity index (χ4n) is 2.88. The molecule has 1 aromatic rings. The summed E-state index contributed by atoms with van der Waals surface area (Å²) in [5.74, 6) is -1.08. The van der Waals surface area contributed by atoms with Crippen LogP contribution in [0, 0.1) is 0 Å². The lowest BCUT2D eigenvalue weighted by atomic mass is 10.1. The monoisotopic (exact) mass is 413 g/mol. The molecule has 0 saturated carbocycles. The zero-order valence-corrected chi connectivity index (χ0v) is 17.2. The van der Waals surface area contributed by atoms with Crippen LogP contribution in [-0.4, -0.2) is 81.0 Å². The van der Waals surface area contributed by atoms with Crippen LogP contribution < -0.4 is 5.32 Å². The zero-order chi connectivity index (χ0) is 20.9. The summed E-state index contributed by atoms with van der Waals surface area (Å²) in [6.07, 6.45) is 0.864. The van der Waals surface area contributed by atoms with E-state index in [1.807, 2.05) is 0 Å². The van der Waals surface area contributed by atoms with E-state index in [4.69, 9.17) is 9.84 Å². The molecule has 9 nitrogen and oxygen atoms in total. The third-order valence-corrected chi connectivity index (χ3v) is 6.28. The first-order chi connectivity index (χ1) is 13.2. The third kappa shape index (κ3) is 5.00. The van der Waals surface area contributed by atoms with Gasteiger partial charge in [0, 0.05) is 39.4 Å². The van der Waals surface area contributed by atoms with Crippen LogP contribution in [0.5, 0.6) is 0 Å². The maximum atomic E-state index is 12.7. The number of hydrogen-bond donors (Lipinski definition) is 2. The fraction of sp³-hybridized carbons (Fsp3) is 0.556. The molecule has 2 N–H and O–H groups in total. The van der Waals surface area contributed by atoms with Gasteiger partial charge in [-0.1, -0.05) is 0 Å². The number of aliphatic hydroxyl groups excluding tert-OH is 1. The number of ether oxygens (including phenoxy) is 1. The predicted octanol–water partition coefficient (Wildman–Crippen LogP) is 0.509. The number of benzene rings is 1. The molecule has 1 amide bonds. The van der Waals surface area contributed by atoms with Gasteiger partial charge < -0.3 is 20.1 Å². The van der Waals surface area contributed by atoms with E-state index >= 15 is 0 Å². The highest BCUT2D eigenvalue weighted by Gasteiger charge is 2.28. The molecular weight excluding hydrogens is 386 g/mol. The Morgan fingerprint density at radius 2 is 1.93 bits per heavy atom. The Morgan fingerprint density at radius 1 is 1.29 bits per heavy atom. The molecule has 1 atom stereocenters. The number of amides is 1. The van der Waals surface area contributed by atoms with Crippen LogP contribution in [0.15, 0.2) is 23.1 Å². The lowest BCUT2D eigenvalue weighted by molar-refractivity contribution is -0.138. The maximum Gasteiger partial charge on any atom is 0.341 e. The summed E-state index contributed by atoms with van der Waals surface area (Å²) in [5, 5.41) is 11.9. The van der Waals surface area contributed by atoms with Crippen LogP contribution in [0.1, 0.15) is 30.1 Å². The standard InChI is InChI=1S/C18H27N3O6S/c1-13(17(23)21-9-4-5-10-21)27-18(24)15-12-14(28(25,26)20(2)3)6-7-16(15)19-8-11-22/h6-7,12-13,19,22H,4-5,8-11H2,1-3H3/t13-/m0/s1. The Bertz CT molecular complexity index is 819. The van der Waals surface area contributed by atoms with Crippen LogP contribution in [0.2, 0.25) is 0 Å². The summed E-state index contributed by atoms with van der Waals surface area (Å²) >= 11 is 0. The van der Waals surface area contributed by atoms with Gasteiger partial charge in [0.25, 0.3) is 5.91 Å². The molecule has 1 heterocycles. The van der Waals surface area contributed by atoms with Crippen LogP contribution >= 0.6 is 0 Å². The number of rotatable bonds is 8.